The fourth-order valence-corrected chi connectivity index (χ4v) is 5.21. The van der Waals surface area contributed by atoms with Gasteiger partial charge in [0.2, 0.25) is 0 Å². The van der Waals surface area contributed by atoms with Gasteiger partial charge in [0.25, 0.3) is 11.6 Å². The van der Waals surface area contributed by atoms with E-state index < -0.39 is 23.9 Å². The number of rotatable bonds is 2. The monoisotopic (exact) mass is 659 g/mol. The van der Waals surface area contributed by atoms with Crippen molar-refractivity contribution >= 4 is 46.5 Å². The topological polar surface area (TPSA) is 62.3 Å². The molecule has 0 amide bonds. The molecule has 0 saturated heterocycles. The average molecular weight is 660 g/mol. The minimum atomic E-state index is -4.85. The molecule has 223 valence electrons. The van der Waals surface area contributed by atoms with Gasteiger partial charge in [-0.3, -0.25) is 9.59 Å². The molecule has 4 rings (SSSR count). The quantitative estimate of drug-likeness (QED) is 0.238. The van der Waals surface area contributed by atoms with E-state index in [4.69, 9.17) is 0 Å². The molecule has 0 atom stereocenters. The van der Waals surface area contributed by atoms with Crippen LogP contribution in [0.1, 0.15) is 52.7 Å². The van der Waals surface area contributed by atoms with Crippen LogP contribution in [0.4, 0.5) is 37.7 Å². The Balaban J connectivity index is 0.000000280. The zero-order valence-corrected chi connectivity index (χ0v) is 25.4. The van der Waals surface area contributed by atoms with Gasteiger partial charge >= 0.3 is 29.1 Å². The van der Waals surface area contributed by atoms with Crippen LogP contribution in [0.3, 0.4) is 0 Å². The van der Waals surface area contributed by atoms with Gasteiger partial charge in [0.05, 0.1) is 0 Å². The molecule has 2 aliphatic heterocycles. The van der Waals surface area contributed by atoms with Crippen LogP contribution in [0.2, 0.25) is 0 Å². The first-order valence-electron chi connectivity index (χ1n) is 11.9. The Labute approximate surface area is 253 Å². The van der Waals surface area contributed by atoms with E-state index in [2.05, 4.69) is 52.2 Å². The fraction of sp³-hybridized carbons (Fsp3) is 0.357. The number of hydrogen-bond donors (Lipinski definition) is 0. The number of ketones is 2. The van der Waals surface area contributed by atoms with Gasteiger partial charge in [0, 0.05) is 0 Å². The van der Waals surface area contributed by atoms with Crippen LogP contribution in [0.25, 0.3) is 10.6 Å². The van der Waals surface area contributed by atoms with Gasteiger partial charge in [-0.05, 0) is 56.0 Å². The predicted molar refractivity (Wildman–Crippen MR) is 146 cm³/mol. The minimum Gasteiger partial charge on any atom is -0.651 e. The number of halogens is 6. The van der Waals surface area contributed by atoms with Crippen LogP contribution < -0.4 is 0 Å². The molecule has 0 bridgehead atoms. The third kappa shape index (κ3) is 9.32. The SMILES string of the molecule is CC(C)(C)c1ccc2c(c1)S/C(=C/C(=O)C(F)(F)F)[N-]2.CC(C)(C)c1ccc2c(c1)S/C(=C/C(=O)C(F)(F)F)[N-]2.[Co+2]. The van der Waals surface area contributed by atoms with Crippen LogP contribution >= 0.6 is 23.5 Å². The summed E-state index contributed by atoms with van der Waals surface area (Å²) in [7, 11) is 0. The molecule has 41 heavy (non-hydrogen) atoms. The molecule has 4 nitrogen and oxygen atoms in total. The zero-order chi connectivity index (χ0) is 30.3. The van der Waals surface area contributed by atoms with Crippen molar-refractivity contribution in [1.29, 1.82) is 0 Å². The van der Waals surface area contributed by atoms with Gasteiger partial charge in [0.15, 0.2) is 0 Å². The maximum atomic E-state index is 12.2. The normalized spacial score (nSPS) is 16.6. The molecule has 0 N–H and O–H groups in total. The number of carbonyl (C=O) groups excluding carboxylic acids is 2. The van der Waals surface area contributed by atoms with E-state index in [0.29, 0.717) is 23.5 Å². The van der Waals surface area contributed by atoms with Crippen LogP contribution in [0, 0.1) is 0 Å². The molecule has 0 fully saturated rings. The molecular weight excluding hydrogens is 633 g/mol. The molecule has 1 radical (unpaired) electrons. The molecule has 0 aromatic heterocycles. The molecular formula is C28H26CoF6N2O2S2. The Morgan fingerprint density at radius 3 is 1.22 bits per heavy atom. The second-order valence-corrected chi connectivity index (χ2v) is 13.1. The summed E-state index contributed by atoms with van der Waals surface area (Å²) in [5.41, 5.74) is 3.24. The third-order valence-corrected chi connectivity index (χ3v) is 7.54. The van der Waals surface area contributed by atoms with E-state index in [1.54, 1.807) is 12.1 Å². The molecule has 2 heterocycles. The second kappa shape index (κ2) is 12.5. The molecule has 2 aliphatic rings. The summed E-state index contributed by atoms with van der Waals surface area (Å²) >= 11 is 2.17. The number of carbonyl (C=O) groups is 2. The first-order chi connectivity index (χ1) is 18.1. The summed E-state index contributed by atoms with van der Waals surface area (Å²) in [5, 5.41) is 8.22. The number of allylic oxidation sites excluding steroid dienone is 2. The first kappa shape index (κ1) is 34.8. The van der Waals surface area contributed by atoms with E-state index in [1.807, 2.05) is 24.3 Å². The maximum Gasteiger partial charge on any atom is 2.00 e. The van der Waals surface area contributed by atoms with E-state index in [0.717, 1.165) is 44.4 Å². The summed E-state index contributed by atoms with van der Waals surface area (Å²) in [6, 6.07) is 11.1. The van der Waals surface area contributed by atoms with Crippen molar-refractivity contribution in [1.82, 2.24) is 0 Å². The van der Waals surface area contributed by atoms with Crippen molar-refractivity contribution in [3.05, 3.63) is 80.4 Å². The molecule has 13 heteroatoms. The van der Waals surface area contributed by atoms with Gasteiger partial charge < -0.3 is 10.6 Å². The van der Waals surface area contributed by atoms with Crippen molar-refractivity contribution < 1.29 is 52.7 Å². The van der Waals surface area contributed by atoms with Crippen LogP contribution in [-0.4, -0.2) is 23.9 Å². The Hall–Kier alpha value is -2.35. The summed E-state index contributed by atoms with van der Waals surface area (Å²) < 4.78 is 73.2. The van der Waals surface area contributed by atoms with E-state index in [9.17, 15) is 35.9 Å². The first-order valence-corrected chi connectivity index (χ1v) is 13.5. The molecule has 2 aromatic carbocycles. The summed E-state index contributed by atoms with van der Waals surface area (Å²) in [4.78, 5) is 23.4. The maximum absolute atomic E-state index is 12.2. The Bertz CT molecular complexity index is 1280. The Morgan fingerprint density at radius 2 is 0.951 bits per heavy atom. The standard InChI is InChI=1S/2C14H14F3NOS.Co/c2*1-13(2,3)8-4-5-9-10(6-8)20-12(18-9)7-11(19)14(15,16)17;/h2*4-7H,1-3H3,(H,18,19);/q;;+2/p-2. The van der Waals surface area contributed by atoms with Gasteiger partial charge in [-0.2, -0.15) is 26.3 Å². The average Bonchev–Trinajstić information content (AvgIpc) is 3.38. The number of benzene rings is 2. The second-order valence-electron chi connectivity index (χ2n) is 11.0. The van der Waals surface area contributed by atoms with E-state index in [1.165, 1.54) is 0 Å². The van der Waals surface area contributed by atoms with Crippen molar-refractivity contribution in [2.24, 2.45) is 0 Å². The van der Waals surface area contributed by atoms with Crippen molar-refractivity contribution in [3.63, 3.8) is 0 Å². The smallest absolute Gasteiger partial charge is 0.651 e. The number of alkyl halides is 6. The molecule has 0 aliphatic carbocycles. The molecule has 0 saturated carbocycles. The van der Waals surface area contributed by atoms with Gasteiger partial charge in [-0.15, -0.1) is 34.9 Å². The van der Waals surface area contributed by atoms with Gasteiger partial charge in [-0.1, -0.05) is 75.9 Å². The van der Waals surface area contributed by atoms with Crippen molar-refractivity contribution in [2.75, 3.05) is 0 Å². The summed E-state index contributed by atoms with van der Waals surface area (Å²) in [6.45, 7) is 12.3. The largest absolute Gasteiger partial charge is 2.00 e. The summed E-state index contributed by atoms with van der Waals surface area (Å²) in [6.07, 6.45) is -8.62. The Morgan fingerprint density at radius 1 is 0.634 bits per heavy atom. The minimum absolute atomic E-state index is 0. The fourth-order valence-electron chi connectivity index (χ4n) is 3.33. The Kier molecular flexibility index (Phi) is 10.6. The molecule has 2 aromatic rings. The van der Waals surface area contributed by atoms with Crippen molar-refractivity contribution in [3.8, 4) is 0 Å². The van der Waals surface area contributed by atoms with Crippen LogP contribution in [0.5, 0.6) is 0 Å². The van der Waals surface area contributed by atoms with Gasteiger partial charge in [-0.25, -0.2) is 0 Å². The predicted octanol–water partition coefficient (Wildman–Crippen LogP) is 10.1. The summed E-state index contributed by atoms with van der Waals surface area (Å²) in [5.74, 6) is -3.76. The number of hydrogen-bond acceptors (Lipinski definition) is 4. The number of fused-ring (bicyclic) bond motifs is 2. The number of nitrogens with zero attached hydrogens (tertiary/aromatic N) is 2. The third-order valence-electron chi connectivity index (χ3n) is 5.61. The zero-order valence-electron chi connectivity index (χ0n) is 22.7. The van der Waals surface area contributed by atoms with Crippen LogP contribution in [-0.2, 0) is 37.2 Å². The molecule has 0 unspecified atom stereocenters. The van der Waals surface area contributed by atoms with E-state index >= 15 is 0 Å². The van der Waals surface area contributed by atoms with Gasteiger partial charge in [0.1, 0.15) is 0 Å². The van der Waals surface area contributed by atoms with Crippen LogP contribution in [0.15, 0.2) is 68.4 Å². The number of thioether (sulfide) groups is 2. The van der Waals surface area contributed by atoms with Crippen molar-refractivity contribution in [2.45, 2.75) is 74.5 Å². The molecule has 0 spiro atoms. The van der Waals surface area contributed by atoms with E-state index in [-0.39, 0.29) is 37.7 Å².